The van der Waals surface area contributed by atoms with Crippen LogP contribution in [0.15, 0.2) is 91.0 Å². The van der Waals surface area contributed by atoms with Crippen molar-refractivity contribution in [3.63, 3.8) is 0 Å². The van der Waals surface area contributed by atoms with E-state index in [-0.39, 0.29) is 0 Å². The van der Waals surface area contributed by atoms with Crippen LogP contribution in [0.5, 0.6) is 0 Å². The summed E-state index contributed by atoms with van der Waals surface area (Å²) in [5.41, 5.74) is 0. The molecular weight excluding hydrogens is 278 g/mol. The Morgan fingerprint density at radius 2 is 0.850 bits per heavy atom. The minimum absolute atomic E-state index is 0.777. The van der Waals surface area contributed by atoms with Gasteiger partial charge in [0.25, 0.3) is 0 Å². The summed E-state index contributed by atoms with van der Waals surface area (Å²) < 4.78 is 0. The lowest BCUT2D eigenvalue weighted by Gasteiger charge is -2.00. The predicted molar refractivity (Wildman–Crippen MR) is 96.3 cm³/mol. The van der Waals surface area contributed by atoms with E-state index in [0.29, 0.717) is 0 Å². The fraction of sp³-hybridized carbons (Fsp3) is 0. The molecule has 3 rings (SSSR count). The summed E-state index contributed by atoms with van der Waals surface area (Å²) in [4.78, 5) is 0. The van der Waals surface area contributed by atoms with Crippen molar-refractivity contribution in [1.82, 2.24) is 0 Å². The van der Waals surface area contributed by atoms with Crippen LogP contribution in [0.4, 0.5) is 0 Å². The van der Waals surface area contributed by atoms with Crippen molar-refractivity contribution in [2.24, 2.45) is 0 Å². The van der Waals surface area contributed by atoms with Gasteiger partial charge in [-0.25, -0.2) is 0 Å². The lowest BCUT2D eigenvalue weighted by atomic mass is 10.4. The van der Waals surface area contributed by atoms with Crippen LogP contribution in [-0.2, 0) is 0 Å². The highest BCUT2D eigenvalue weighted by molar-refractivity contribution is 7.55. The molecule has 0 aliphatic rings. The van der Waals surface area contributed by atoms with Gasteiger partial charge in [0.15, 0.2) is 0 Å². The maximum atomic E-state index is 2.63. The minimum Gasteiger partial charge on any atom is -0.106 e. The third-order valence-electron chi connectivity index (χ3n) is 2.64. The summed E-state index contributed by atoms with van der Waals surface area (Å²) >= 11 is 0. The number of rotatable bonds is 2. The summed E-state index contributed by atoms with van der Waals surface area (Å²) in [6.45, 7) is 0. The van der Waals surface area contributed by atoms with Gasteiger partial charge in [-0.3, -0.25) is 0 Å². The van der Waals surface area contributed by atoms with E-state index >= 15 is 0 Å². The minimum atomic E-state index is 0.777. The molecule has 0 aliphatic heterocycles. The summed E-state index contributed by atoms with van der Waals surface area (Å²) in [5, 5.41) is 4.03. The van der Waals surface area contributed by atoms with Crippen LogP contribution >= 0.6 is 17.8 Å². The topological polar surface area (TPSA) is 0 Å². The zero-order valence-corrected chi connectivity index (χ0v) is 13.4. The molecule has 3 aromatic rings. The monoisotopic (exact) mass is 296 g/mol. The van der Waals surface area contributed by atoms with Crippen molar-refractivity contribution >= 4 is 33.7 Å². The van der Waals surface area contributed by atoms with E-state index in [2.05, 4.69) is 69.9 Å². The van der Waals surface area contributed by atoms with E-state index in [1.807, 2.05) is 30.3 Å². The fourth-order valence-electron chi connectivity index (χ4n) is 1.66. The first kappa shape index (κ1) is 14.9. The van der Waals surface area contributed by atoms with E-state index in [1.165, 1.54) is 15.9 Å². The maximum Gasteiger partial charge on any atom is -0.0226 e. The number of benzene rings is 3. The van der Waals surface area contributed by atoms with Crippen LogP contribution in [0.3, 0.4) is 0 Å². The number of hydrogen-bond donors (Lipinski definition) is 0. The van der Waals surface area contributed by atoms with Gasteiger partial charge in [-0.05, 0) is 15.9 Å². The molecule has 0 bridgehead atoms. The molecule has 0 spiro atoms. The second-order valence-corrected chi connectivity index (χ2v) is 6.34. The molecule has 0 fully saturated rings. The molecule has 0 amide bonds. The molecule has 100 valence electrons. The van der Waals surface area contributed by atoms with Gasteiger partial charge in [0.2, 0.25) is 0 Å². The SMILES string of the molecule is Pc1ccccc1.c1ccc(Pc2ccccc2)cc1. The summed E-state index contributed by atoms with van der Waals surface area (Å²) in [6.07, 6.45) is 0. The zero-order valence-electron chi connectivity index (χ0n) is 11.2. The van der Waals surface area contributed by atoms with E-state index in [9.17, 15) is 0 Å². The molecule has 0 heterocycles. The van der Waals surface area contributed by atoms with Gasteiger partial charge in [-0.1, -0.05) is 99.6 Å². The van der Waals surface area contributed by atoms with Gasteiger partial charge in [-0.15, -0.1) is 9.24 Å². The van der Waals surface area contributed by atoms with Crippen LogP contribution < -0.4 is 15.9 Å². The van der Waals surface area contributed by atoms with Crippen LogP contribution in [-0.4, -0.2) is 0 Å². The molecule has 0 aliphatic carbocycles. The van der Waals surface area contributed by atoms with Gasteiger partial charge in [0.05, 0.1) is 0 Å². The molecule has 3 aromatic carbocycles. The van der Waals surface area contributed by atoms with Crippen molar-refractivity contribution < 1.29 is 0 Å². The average molecular weight is 296 g/mol. The fourth-order valence-corrected chi connectivity index (χ4v) is 2.94. The molecule has 0 radical (unpaired) electrons. The Morgan fingerprint density at radius 1 is 0.500 bits per heavy atom. The largest absolute Gasteiger partial charge is 0.106 e. The standard InChI is InChI=1S/C12H11P.C6H7P/c1-3-7-11(8-4-1)13-12-9-5-2-6-10-12;7-6-4-2-1-3-5-6/h1-10,13H;1-5H,7H2. The van der Waals surface area contributed by atoms with E-state index < -0.39 is 0 Å². The van der Waals surface area contributed by atoms with Crippen molar-refractivity contribution in [2.45, 2.75) is 0 Å². The quantitative estimate of drug-likeness (QED) is 0.635. The Kier molecular flexibility index (Phi) is 6.45. The van der Waals surface area contributed by atoms with Crippen LogP contribution in [0, 0.1) is 0 Å². The first-order valence-corrected chi connectivity index (χ1v) is 8.10. The Balaban J connectivity index is 0.000000178. The Bertz CT molecular complexity index is 555. The molecule has 0 N–H and O–H groups in total. The Hall–Kier alpha value is -1.48. The van der Waals surface area contributed by atoms with Gasteiger partial charge >= 0.3 is 0 Å². The van der Waals surface area contributed by atoms with Gasteiger partial charge in [-0.2, -0.15) is 0 Å². The van der Waals surface area contributed by atoms with Crippen LogP contribution in [0.25, 0.3) is 0 Å². The Morgan fingerprint density at radius 3 is 1.15 bits per heavy atom. The summed E-state index contributed by atoms with van der Waals surface area (Å²) in [6, 6.07) is 31.3. The molecule has 0 nitrogen and oxygen atoms in total. The van der Waals surface area contributed by atoms with E-state index in [4.69, 9.17) is 0 Å². The van der Waals surface area contributed by atoms with Crippen molar-refractivity contribution in [1.29, 1.82) is 0 Å². The maximum absolute atomic E-state index is 2.63. The van der Waals surface area contributed by atoms with Gasteiger partial charge in [0, 0.05) is 0 Å². The molecule has 0 saturated heterocycles. The third kappa shape index (κ3) is 5.66. The van der Waals surface area contributed by atoms with Gasteiger partial charge < -0.3 is 0 Å². The van der Waals surface area contributed by atoms with Crippen molar-refractivity contribution in [3.05, 3.63) is 91.0 Å². The lowest BCUT2D eigenvalue weighted by molar-refractivity contribution is 1.76. The smallest absolute Gasteiger partial charge is 0.0226 e. The molecule has 0 aromatic heterocycles. The van der Waals surface area contributed by atoms with Crippen LogP contribution in [0.1, 0.15) is 0 Å². The second-order valence-electron chi connectivity index (χ2n) is 4.27. The van der Waals surface area contributed by atoms with Crippen molar-refractivity contribution in [3.8, 4) is 0 Å². The predicted octanol–water partition coefficient (Wildman–Crippen LogP) is 3.50. The van der Waals surface area contributed by atoms with Crippen LogP contribution in [0.2, 0.25) is 0 Å². The highest BCUT2D eigenvalue weighted by Crippen LogP contribution is 2.08. The Labute approximate surface area is 125 Å². The molecule has 0 saturated carbocycles. The first-order chi connectivity index (χ1) is 9.84. The van der Waals surface area contributed by atoms with Gasteiger partial charge in [0.1, 0.15) is 0 Å². The normalized spacial score (nSPS) is 9.45. The summed E-state index contributed by atoms with van der Waals surface area (Å²) in [7, 11) is 3.41. The molecule has 1 atom stereocenters. The van der Waals surface area contributed by atoms with E-state index in [1.54, 1.807) is 0 Å². The van der Waals surface area contributed by atoms with E-state index in [0.717, 1.165) is 8.58 Å². The third-order valence-corrected chi connectivity index (χ3v) is 4.26. The average Bonchev–Trinajstić information content (AvgIpc) is 2.51. The zero-order chi connectivity index (χ0) is 14.0. The molecular formula is C18H18P2. The van der Waals surface area contributed by atoms with Crippen molar-refractivity contribution in [2.75, 3.05) is 0 Å². The first-order valence-electron chi connectivity index (χ1n) is 6.52. The molecule has 20 heavy (non-hydrogen) atoms. The highest BCUT2D eigenvalue weighted by Gasteiger charge is 1.92. The highest BCUT2D eigenvalue weighted by atomic mass is 31.1. The summed E-state index contributed by atoms with van der Waals surface area (Å²) in [5.74, 6) is 0. The number of hydrogen-bond acceptors (Lipinski definition) is 0. The molecule has 2 heteroatoms. The molecule has 1 unspecified atom stereocenters. The second kappa shape index (κ2) is 8.64. The lowest BCUT2D eigenvalue weighted by Crippen LogP contribution is -2.01.